The summed E-state index contributed by atoms with van der Waals surface area (Å²) in [6.07, 6.45) is 3.99. The predicted molar refractivity (Wildman–Crippen MR) is 126 cm³/mol. The molecule has 0 aromatic heterocycles. The van der Waals surface area contributed by atoms with E-state index in [0.29, 0.717) is 0 Å². The smallest absolute Gasteiger partial charge is 0.119 e. The number of nitrogens with zero attached hydrogens (tertiary/aromatic N) is 1. The molecule has 3 aromatic rings. The molecule has 29 heavy (non-hydrogen) atoms. The van der Waals surface area contributed by atoms with Crippen molar-refractivity contribution in [2.24, 2.45) is 0 Å². The van der Waals surface area contributed by atoms with E-state index < -0.39 is 8.07 Å². The third-order valence-electron chi connectivity index (χ3n) is 7.46. The molecule has 2 heteroatoms. The summed E-state index contributed by atoms with van der Waals surface area (Å²) in [6, 6.07) is 37.6. The van der Waals surface area contributed by atoms with E-state index in [4.69, 9.17) is 0 Å². The summed E-state index contributed by atoms with van der Waals surface area (Å²) in [7, 11) is -1.65. The van der Waals surface area contributed by atoms with Crippen LogP contribution in [-0.2, 0) is 0 Å². The third kappa shape index (κ3) is 3.72. The van der Waals surface area contributed by atoms with Crippen LogP contribution in [0.25, 0.3) is 0 Å². The largest absolute Gasteiger partial charge is 0.301 e. The van der Waals surface area contributed by atoms with Gasteiger partial charge in [-0.05, 0) is 55.9 Å². The average Bonchev–Trinajstić information content (AvgIpc) is 3.28. The van der Waals surface area contributed by atoms with Gasteiger partial charge >= 0.3 is 0 Å². The van der Waals surface area contributed by atoms with Gasteiger partial charge in [0.2, 0.25) is 0 Å². The molecule has 0 bridgehead atoms. The molecule has 2 aliphatic rings. The van der Waals surface area contributed by atoms with Gasteiger partial charge < -0.3 is 4.90 Å². The van der Waals surface area contributed by atoms with E-state index in [2.05, 4.69) is 95.9 Å². The van der Waals surface area contributed by atoms with Crippen LogP contribution in [0.2, 0.25) is 12.1 Å². The van der Waals surface area contributed by atoms with Crippen molar-refractivity contribution in [2.45, 2.75) is 43.3 Å². The SMILES string of the molecule is c1ccc(C2CCN(C3CC[Si](c4ccccc4)(c4ccccc4)C3)CC2)cc1. The van der Waals surface area contributed by atoms with Crippen LogP contribution in [0.4, 0.5) is 0 Å². The Morgan fingerprint density at radius 2 is 1.14 bits per heavy atom. The molecular weight excluding hydrogens is 366 g/mol. The van der Waals surface area contributed by atoms with Crippen molar-refractivity contribution in [3.63, 3.8) is 0 Å². The Labute approximate surface area is 176 Å². The lowest BCUT2D eigenvalue weighted by atomic mass is 9.89. The number of hydrogen-bond acceptors (Lipinski definition) is 1. The molecule has 3 aromatic carbocycles. The van der Waals surface area contributed by atoms with Crippen molar-refractivity contribution >= 4 is 18.4 Å². The van der Waals surface area contributed by atoms with Gasteiger partial charge in [-0.3, -0.25) is 0 Å². The fourth-order valence-corrected chi connectivity index (χ4v) is 11.2. The first-order valence-corrected chi connectivity index (χ1v) is 13.7. The maximum absolute atomic E-state index is 2.83. The van der Waals surface area contributed by atoms with Gasteiger partial charge in [0.25, 0.3) is 0 Å². The van der Waals surface area contributed by atoms with Crippen LogP contribution >= 0.6 is 0 Å². The Balaban J connectivity index is 1.34. The zero-order valence-corrected chi connectivity index (χ0v) is 18.2. The second kappa shape index (κ2) is 8.29. The predicted octanol–water partition coefficient (Wildman–Crippen LogP) is 4.90. The second-order valence-electron chi connectivity index (χ2n) is 8.93. The van der Waals surface area contributed by atoms with Crippen molar-refractivity contribution < 1.29 is 0 Å². The highest BCUT2D eigenvalue weighted by Crippen LogP contribution is 2.37. The van der Waals surface area contributed by atoms with Crippen LogP contribution in [0.5, 0.6) is 0 Å². The molecule has 2 aliphatic heterocycles. The number of piperidine rings is 1. The molecular formula is C27H31NSi. The van der Waals surface area contributed by atoms with Crippen molar-refractivity contribution in [1.82, 2.24) is 4.90 Å². The highest BCUT2D eigenvalue weighted by Gasteiger charge is 2.46. The normalized spacial score (nSPS) is 22.6. The van der Waals surface area contributed by atoms with Crippen molar-refractivity contribution in [3.05, 3.63) is 96.6 Å². The molecule has 2 saturated heterocycles. The molecule has 0 N–H and O–H groups in total. The summed E-state index contributed by atoms with van der Waals surface area (Å²) in [4.78, 5) is 2.83. The summed E-state index contributed by atoms with van der Waals surface area (Å²) >= 11 is 0. The van der Waals surface area contributed by atoms with Gasteiger partial charge in [0.1, 0.15) is 8.07 Å². The molecule has 2 fully saturated rings. The van der Waals surface area contributed by atoms with E-state index in [1.807, 2.05) is 0 Å². The molecule has 0 amide bonds. The monoisotopic (exact) mass is 397 g/mol. The zero-order valence-electron chi connectivity index (χ0n) is 17.2. The quantitative estimate of drug-likeness (QED) is 0.566. The van der Waals surface area contributed by atoms with Gasteiger partial charge in [-0.15, -0.1) is 0 Å². The Morgan fingerprint density at radius 1 is 0.621 bits per heavy atom. The average molecular weight is 398 g/mol. The Hall–Kier alpha value is -2.16. The van der Waals surface area contributed by atoms with Gasteiger partial charge in [-0.25, -0.2) is 0 Å². The van der Waals surface area contributed by atoms with Crippen LogP contribution in [-0.4, -0.2) is 32.1 Å². The molecule has 1 unspecified atom stereocenters. The number of hydrogen-bond donors (Lipinski definition) is 0. The summed E-state index contributed by atoms with van der Waals surface area (Å²) in [6.45, 7) is 2.52. The van der Waals surface area contributed by atoms with E-state index in [0.717, 1.165) is 12.0 Å². The topological polar surface area (TPSA) is 3.24 Å². The third-order valence-corrected chi connectivity index (χ3v) is 12.6. The van der Waals surface area contributed by atoms with Crippen LogP contribution in [0, 0.1) is 0 Å². The fraction of sp³-hybridized carbons (Fsp3) is 0.333. The minimum absolute atomic E-state index is 0.749. The molecule has 0 spiro atoms. The standard InChI is InChI=1S/C27H31NSi/c1-4-10-23(11-5-1)24-16-19-28(20-17-24)25-18-21-29(22-25,26-12-6-2-7-13-26)27-14-8-3-9-15-27/h1-15,24-25H,16-22H2. The van der Waals surface area contributed by atoms with Crippen molar-refractivity contribution in [3.8, 4) is 0 Å². The maximum Gasteiger partial charge on any atom is 0.119 e. The minimum atomic E-state index is -1.65. The van der Waals surface area contributed by atoms with Gasteiger partial charge in [-0.1, -0.05) is 101 Å². The van der Waals surface area contributed by atoms with Crippen molar-refractivity contribution in [2.75, 3.05) is 13.1 Å². The molecule has 0 saturated carbocycles. The first kappa shape index (κ1) is 18.8. The number of rotatable bonds is 4. The van der Waals surface area contributed by atoms with Crippen LogP contribution < -0.4 is 10.4 Å². The summed E-state index contributed by atoms with van der Waals surface area (Å²) in [5.41, 5.74) is 1.54. The number of benzene rings is 3. The van der Waals surface area contributed by atoms with E-state index >= 15 is 0 Å². The van der Waals surface area contributed by atoms with E-state index in [-0.39, 0.29) is 0 Å². The van der Waals surface area contributed by atoms with Gasteiger partial charge in [0.15, 0.2) is 0 Å². The highest BCUT2D eigenvalue weighted by molar-refractivity contribution is 7.02. The fourth-order valence-electron chi connectivity index (χ4n) is 5.86. The summed E-state index contributed by atoms with van der Waals surface area (Å²) in [5, 5.41) is 3.26. The highest BCUT2D eigenvalue weighted by atomic mass is 28.3. The summed E-state index contributed by atoms with van der Waals surface area (Å²) in [5.74, 6) is 0.749. The van der Waals surface area contributed by atoms with Gasteiger partial charge in [-0.2, -0.15) is 0 Å². The molecule has 0 aliphatic carbocycles. The maximum atomic E-state index is 2.83. The van der Waals surface area contributed by atoms with E-state index in [9.17, 15) is 0 Å². The molecule has 2 heterocycles. The summed E-state index contributed by atoms with van der Waals surface area (Å²) < 4.78 is 0. The molecule has 5 rings (SSSR count). The van der Waals surface area contributed by atoms with Crippen LogP contribution in [0.3, 0.4) is 0 Å². The Kier molecular flexibility index (Phi) is 5.39. The number of likely N-dealkylation sites (tertiary alicyclic amines) is 1. The lowest BCUT2D eigenvalue weighted by Crippen LogP contribution is -2.57. The van der Waals surface area contributed by atoms with Crippen LogP contribution in [0.1, 0.15) is 30.7 Å². The first-order chi connectivity index (χ1) is 14.4. The van der Waals surface area contributed by atoms with Gasteiger partial charge in [0.05, 0.1) is 0 Å². The Morgan fingerprint density at radius 3 is 1.69 bits per heavy atom. The van der Waals surface area contributed by atoms with Crippen LogP contribution in [0.15, 0.2) is 91.0 Å². The lowest BCUT2D eigenvalue weighted by Gasteiger charge is -2.37. The first-order valence-electron chi connectivity index (χ1n) is 11.3. The zero-order chi connectivity index (χ0) is 19.5. The van der Waals surface area contributed by atoms with E-state index in [1.54, 1.807) is 10.4 Å². The second-order valence-corrected chi connectivity index (χ2v) is 13.2. The van der Waals surface area contributed by atoms with Gasteiger partial charge in [0, 0.05) is 6.04 Å². The van der Waals surface area contributed by atoms with Crippen molar-refractivity contribution in [1.29, 1.82) is 0 Å². The Bertz CT molecular complexity index is 862. The molecule has 1 nitrogen and oxygen atoms in total. The minimum Gasteiger partial charge on any atom is -0.301 e. The molecule has 0 radical (unpaired) electrons. The molecule has 1 atom stereocenters. The molecule has 148 valence electrons. The lowest BCUT2D eigenvalue weighted by molar-refractivity contribution is 0.163. The van der Waals surface area contributed by atoms with E-state index in [1.165, 1.54) is 50.0 Å².